The van der Waals surface area contributed by atoms with Gasteiger partial charge in [-0.2, -0.15) is 0 Å². The molecule has 56 valence electrons. The van der Waals surface area contributed by atoms with E-state index in [1.165, 1.54) is 0 Å². The highest BCUT2D eigenvalue weighted by atomic mass is 79.9. The van der Waals surface area contributed by atoms with Crippen LogP contribution in [0.3, 0.4) is 0 Å². The van der Waals surface area contributed by atoms with E-state index in [-0.39, 0.29) is 0 Å². The van der Waals surface area contributed by atoms with Crippen LogP contribution < -0.4 is 0 Å². The van der Waals surface area contributed by atoms with Crippen molar-refractivity contribution in [1.82, 2.24) is 9.97 Å². The Kier molecular flexibility index (Phi) is 2.02. The summed E-state index contributed by atoms with van der Waals surface area (Å²) in [5, 5.41) is 3.97. The molecular formula is C6H3BrN2S2. The minimum Gasteiger partial charge on any atom is -0.243 e. The normalized spacial score (nSPS) is 10.3. The lowest BCUT2D eigenvalue weighted by atomic mass is 10.4. The summed E-state index contributed by atoms with van der Waals surface area (Å²) in [4.78, 5) is 8.37. The molecule has 0 aliphatic heterocycles. The summed E-state index contributed by atoms with van der Waals surface area (Å²) in [7, 11) is 0. The van der Waals surface area contributed by atoms with Gasteiger partial charge in [-0.05, 0) is 15.9 Å². The topological polar surface area (TPSA) is 25.8 Å². The molecule has 0 unspecified atom stereocenters. The molecule has 2 rings (SSSR count). The fourth-order valence-electron chi connectivity index (χ4n) is 0.709. The van der Waals surface area contributed by atoms with Crippen LogP contribution >= 0.6 is 38.6 Å². The molecule has 0 aliphatic carbocycles. The molecule has 11 heavy (non-hydrogen) atoms. The van der Waals surface area contributed by atoms with Crippen LogP contribution in [0.25, 0.3) is 11.4 Å². The summed E-state index contributed by atoms with van der Waals surface area (Å²) in [6.07, 6.45) is 0. The van der Waals surface area contributed by atoms with E-state index in [0.717, 1.165) is 15.3 Å². The lowest BCUT2D eigenvalue weighted by molar-refractivity contribution is 1.31. The van der Waals surface area contributed by atoms with Crippen LogP contribution in [0.15, 0.2) is 20.2 Å². The van der Waals surface area contributed by atoms with Gasteiger partial charge >= 0.3 is 0 Å². The van der Waals surface area contributed by atoms with Crippen molar-refractivity contribution in [2.75, 3.05) is 0 Å². The van der Waals surface area contributed by atoms with Crippen LogP contribution in [-0.2, 0) is 0 Å². The number of hydrogen-bond donors (Lipinski definition) is 0. The van der Waals surface area contributed by atoms with Gasteiger partial charge in [0.2, 0.25) is 0 Å². The third-order valence-corrected chi connectivity index (χ3v) is 3.12. The first kappa shape index (κ1) is 7.39. The molecule has 0 fully saturated rings. The summed E-state index contributed by atoms with van der Waals surface area (Å²) < 4.78 is 0.903. The largest absolute Gasteiger partial charge is 0.243 e. The van der Waals surface area contributed by atoms with Crippen molar-refractivity contribution < 1.29 is 0 Å². The predicted octanol–water partition coefficient (Wildman–Crippen LogP) is 3.03. The van der Waals surface area contributed by atoms with Crippen molar-refractivity contribution in [3.63, 3.8) is 0 Å². The Morgan fingerprint density at radius 2 is 2.18 bits per heavy atom. The number of thiazole rings is 2. The minimum absolute atomic E-state index is 0.903. The maximum Gasteiger partial charge on any atom is 0.159 e. The zero-order chi connectivity index (χ0) is 7.68. The number of rotatable bonds is 1. The van der Waals surface area contributed by atoms with Gasteiger partial charge in [0.05, 0.1) is 5.51 Å². The van der Waals surface area contributed by atoms with Crippen LogP contribution in [0, 0.1) is 0 Å². The molecule has 0 saturated carbocycles. The molecule has 0 amide bonds. The number of aromatic nitrogens is 2. The quantitative estimate of drug-likeness (QED) is 0.774. The lowest BCUT2D eigenvalue weighted by Gasteiger charge is -1.83. The Hall–Kier alpha value is -0.260. The van der Waals surface area contributed by atoms with E-state index in [1.807, 2.05) is 16.3 Å². The van der Waals surface area contributed by atoms with Crippen LogP contribution in [-0.4, -0.2) is 9.97 Å². The van der Waals surface area contributed by atoms with Crippen molar-refractivity contribution in [2.45, 2.75) is 0 Å². The first-order chi connectivity index (χ1) is 5.36. The first-order valence-electron chi connectivity index (χ1n) is 2.86. The smallest absolute Gasteiger partial charge is 0.159 e. The van der Waals surface area contributed by atoms with Gasteiger partial charge in [0.15, 0.2) is 3.92 Å². The van der Waals surface area contributed by atoms with Crippen LogP contribution in [0.5, 0.6) is 0 Å². The zero-order valence-electron chi connectivity index (χ0n) is 5.32. The molecule has 2 heterocycles. The highest BCUT2D eigenvalue weighted by Gasteiger charge is 2.02. The van der Waals surface area contributed by atoms with E-state index in [9.17, 15) is 0 Å². The van der Waals surface area contributed by atoms with Gasteiger partial charge in [0.1, 0.15) is 11.4 Å². The molecule has 2 nitrogen and oxygen atoms in total. The number of nitrogens with zero attached hydrogens (tertiary/aromatic N) is 2. The Bertz CT molecular complexity index is 341. The maximum absolute atomic E-state index is 4.23. The summed E-state index contributed by atoms with van der Waals surface area (Å²) in [5.41, 5.74) is 3.71. The molecule has 0 aliphatic rings. The van der Waals surface area contributed by atoms with Gasteiger partial charge in [-0.15, -0.1) is 22.7 Å². The zero-order valence-corrected chi connectivity index (χ0v) is 8.54. The summed E-state index contributed by atoms with van der Waals surface area (Å²) in [5.74, 6) is 0. The van der Waals surface area contributed by atoms with Gasteiger partial charge in [0.25, 0.3) is 0 Å². The molecule has 2 aromatic heterocycles. The van der Waals surface area contributed by atoms with Crippen molar-refractivity contribution >= 4 is 38.6 Å². The van der Waals surface area contributed by atoms with E-state index in [2.05, 4.69) is 25.9 Å². The molecule has 0 spiro atoms. The second-order valence-electron chi connectivity index (χ2n) is 1.86. The summed E-state index contributed by atoms with van der Waals surface area (Å²) in [6, 6.07) is 0. The van der Waals surface area contributed by atoms with E-state index < -0.39 is 0 Å². The Morgan fingerprint density at radius 1 is 1.27 bits per heavy atom. The third-order valence-electron chi connectivity index (χ3n) is 1.17. The van der Waals surface area contributed by atoms with Crippen LogP contribution in [0.4, 0.5) is 0 Å². The fraction of sp³-hybridized carbons (Fsp3) is 0. The maximum atomic E-state index is 4.23. The van der Waals surface area contributed by atoms with Crippen LogP contribution in [0.1, 0.15) is 0 Å². The average Bonchev–Trinajstić information content (AvgIpc) is 2.55. The Morgan fingerprint density at radius 3 is 2.73 bits per heavy atom. The molecule has 2 aromatic rings. The SMILES string of the molecule is Brc1nc(-c2cscn2)cs1. The van der Waals surface area contributed by atoms with E-state index in [4.69, 9.17) is 0 Å². The van der Waals surface area contributed by atoms with Gasteiger partial charge in [0, 0.05) is 10.8 Å². The van der Waals surface area contributed by atoms with Crippen molar-refractivity contribution in [3.05, 3.63) is 20.2 Å². The fourth-order valence-corrected chi connectivity index (χ4v) is 2.26. The second kappa shape index (κ2) is 3.00. The summed E-state index contributed by atoms with van der Waals surface area (Å²) >= 11 is 6.46. The highest BCUT2D eigenvalue weighted by Crippen LogP contribution is 2.24. The lowest BCUT2D eigenvalue weighted by Crippen LogP contribution is -1.74. The van der Waals surface area contributed by atoms with Crippen molar-refractivity contribution in [1.29, 1.82) is 0 Å². The van der Waals surface area contributed by atoms with Crippen LogP contribution in [0.2, 0.25) is 0 Å². The Balaban J connectivity index is 2.45. The molecule has 5 heteroatoms. The minimum atomic E-state index is 0.903. The third kappa shape index (κ3) is 1.50. The first-order valence-corrected chi connectivity index (χ1v) is 5.47. The standard InChI is InChI=1S/C6H3BrN2S2/c7-6-9-5(2-11-6)4-1-10-3-8-4/h1-3H. The van der Waals surface area contributed by atoms with Gasteiger partial charge in [-0.3, -0.25) is 0 Å². The number of hydrogen-bond acceptors (Lipinski definition) is 4. The summed E-state index contributed by atoms with van der Waals surface area (Å²) in [6.45, 7) is 0. The van der Waals surface area contributed by atoms with Gasteiger partial charge in [-0.1, -0.05) is 0 Å². The molecule has 0 N–H and O–H groups in total. The average molecular weight is 247 g/mol. The molecule has 0 radical (unpaired) electrons. The monoisotopic (exact) mass is 246 g/mol. The van der Waals surface area contributed by atoms with Crippen molar-refractivity contribution in [3.8, 4) is 11.4 Å². The number of halogens is 1. The predicted molar refractivity (Wildman–Crippen MR) is 50.9 cm³/mol. The molecule has 0 bridgehead atoms. The van der Waals surface area contributed by atoms with Crippen molar-refractivity contribution in [2.24, 2.45) is 0 Å². The molecular weight excluding hydrogens is 244 g/mol. The molecule has 0 atom stereocenters. The van der Waals surface area contributed by atoms with Gasteiger partial charge < -0.3 is 0 Å². The van der Waals surface area contributed by atoms with E-state index >= 15 is 0 Å². The molecule has 0 saturated heterocycles. The second-order valence-corrected chi connectivity index (χ2v) is 4.71. The highest BCUT2D eigenvalue weighted by molar-refractivity contribution is 9.11. The molecule has 0 aromatic carbocycles. The van der Waals surface area contributed by atoms with Gasteiger partial charge in [-0.25, -0.2) is 9.97 Å². The van der Waals surface area contributed by atoms with E-state index in [0.29, 0.717) is 0 Å². The van der Waals surface area contributed by atoms with E-state index in [1.54, 1.807) is 22.7 Å². The Labute approximate surface area is 80.1 Å².